The van der Waals surface area contributed by atoms with Crippen LogP contribution in [0.4, 0.5) is 5.82 Å². The number of pyridine rings is 1. The number of carbonyl (C=O) groups is 1. The van der Waals surface area contributed by atoms with E-state index in [4.69, 9.17) is 0 Å². The van der Waals surface area contributed by atoms with Gasteiger partial charge in [0.15, 0.2) is 0 Å². The Balaban J connectivity index is 1.46. The second kappa shape index (κ2) is 6.89. The first-order chi connectivity index (χ1) is 10.3. The standard InChI is InChI=1S/C16H24N4O/c21-16(14-5-1-3-9-17-14)19-13-7-11-20(12-8-13)15-6-2-4-10-18-15/h2,4,6,10,13-14,17H,1,3,5,7-9,11-12H2,(H,19,21)/t14-/m1/s1. The van der Waals surface area contributed by atoms with Gasteiger partial charge in [0.2, 0.25) is 5.91 Å². The van der Waals surface area contributed by atoms with Gasteiger partial charge in [0.25, 0.3) is 0 Å². The molecule has 1 amide bonds. The van der Waals surface area contributed by atoms with Gasteiger partial charge in [0.05, 0.1) is 6.04 Å². The Kier molecular flexibility index (Phi) is 4.70. The molecule has 0 aliphatic carbocycles. The topological polar surface area (TPSA) is 57.3 Å². The molecule has 114 valence electrons. The molecule has 3 heterocycles. The average Bonchev–Trinajstić information content (AvgIpc) is 2.57. The van der Waals surface area contributed by atoms with Crippen molar-refractivity contribution in [3.05, 3.63) is 24.4 Å². The number of hydrogen-bond donors (Lipinski definition) is 2. The van der Waals surface area contributed by atoms with Crippen LogP contribution >= 0.6 is 0 Å². The van der Waals surface area contributed by atoms with Gasteiger partial charge in [-0.2, -0.15) is 0 Å². The third-order valence-corrected chi connectivity index (χ3v) is 4.44. The van der Waals surface area contributed by atoms with Crippen molar-refractivity contribution in [3.8, 4) is 0 Å². The van der Waals surface area contributed by atoms with Gasteiger partial charge in [-0.05, 0) is 44.4 Å². The SMILES string of the molecule is O=C(NC1CCN(c2ccccn2)CC1)[C@H]1CCCCN1. The summed E-state index contributed by atoms with van der Waals surface area (Å²) in [5, 5.41) is 6.52. The lowest BCUT2D eigenvalue weighted by Crippen LogP contribution is -2.52. The number of rotatable bonds is 3. The zero-order valence-electron chi connectivity index (χ0n) is 12.4. The summed E-state index contributed by atoms with van der Waals surface area (Å²) in [7, 11) is 0. The van der Waals surface area contributed by atoms with E-state index in [2.05, 4.69) is 20.5 Å². The Hall–Kier alpha value is -1.62. The smallest absolute Gasteiger partial charge is 0.237 e. The van der Waals surface area contributed by atoms with Gasteiger partial charge in [-0.15, -0.1) is 0 Å². The molecule has 2 aliphatic rings. The molecule has 5 nitrogen and oxygen atoms in total. The van der Waals surface area contributed by atoms with Gasteiger partial charge in [0.1, 0.15) is 5.82 Å². The Morgan fingerprint density at radius 1 is 1.24 bits per heavy atom. The Morgan fingerprint density at radius 3 is 2.76 bits per heavy atom. The minimum atomic E-state index is 0.0209. The fraction of sp³-hybridized carbons (Fsp3) is 0.625. The number of aromatic nitrogens is 1. The molecule has 0 spiro atoms. The fourth-order valence-electron chi connectivity index (χ4n) is 3.17. The first-order valence-corrected chi connectivity index (χ1v) is 8.02. The minimum absolute atomic E-state index is 0.0209. The van der Waals surface area contributed by atoms with Crippen LogP contribution in [-0.2, 0) is 4.79 Å². The van der Waals surface area contributed by atoms with Crippen LogP contribution in [0.1, 0.15) is 32.1 Å². The van der Waals surface area contributed by atoms with E-state index < -0.39 is 0 Å². The summed E-state index contributed by atoms with van der Waals surface area (Å²) < 4.78 is 0. The number of nitrogens with one attached hydrogen (secondary N) is 2. The third-order valence-electron chi connectivity index (χ3n) is 4.44. The maximum absolute atomic E-state index is 12.2. The van der Waals surface area contributed by atoms with Gasteiger partial charge in [-0.25, -0.2) is 4.98 Å². The minimum Gasteiger partial charge on any atom is -0.356 e. The normalized spacial score (nSPS) is 23.8. The van der Waals surface area contributed by atoms with Gasteiger partial charge in [-0.3, -0.25) is 4.79 Å². The highest BCUT2D eigenvalue weighted by atomic mass is 16.2. The molecule has 1 atom stereocenters. The van der Waals surface area contributed by atoms with Crippen LogP contribution < -0.4 is 15.5 Å². The highest BCUT2D eigenvalue weighted by Crippen LogP contribution is 2.17. The molecule has 0 saturated carbocycles. The van der Waals surface area contributed by atoms with Gasteiger partial charge < -0.3 is 15.5 Å². The summed E-state index contributed by atoms with van der Waals surface area (Å²) >= 11 is 0. The Morgan fingerprint density at radius 2 is 2.10 bits per heavy atom. The summed E-state index contributed by atoms with van der Waals surface area (Å²) in [4.78, 5) is 18.9. The van der Waals surface area contributed by atoms with E-state index >= 15 is 0 Å². The molecule has 0 aromatic carbocycles. The second-order valence-corrected chi connectivity index (χ2v) is 5.96. The van der Waals surface area contributed by atoms with Crippen LogP contribution in [0.15, 0.2) is 24.4 Å². The lowest BCUT2D eigenvalue weighted by atomic mass is 10.0. The number of nitrogens with zero attached hydrogens (tertiary/aromatic N) is 2. The molecule has 3 rings (SSSR count). The van der Waals surface area contributed by atoms with Crippen LogP contribution in [0.25, 0.3) is 0 Å². The van der Waals surface area contributed by atoms with E-state index in [0.29, 0.717) is 6.04 Å². The number of carbonyl (C=O) groups excluding carboxylic acids is 1. The predicted octanol–water partition coefficient (Wildman–Crippen LogP) is 1.31. The maximum Gasteiger partial charge on any atom is 0.237 e. The molecule has 2 saturated heterocycles. The molecule has 5 heteroatoms. The lowest BCUT2D eigenvalue weighted by Gasteiger charge is -2.34. The first-order valence-electron chi connectivity index (χ1n) is 8.02. The average molecular weight is 288 g/mol. The predicted molar refractivity (Wildman–Crippen MR) is 83.3 cm³/mol. The molecule has 2 N–H and O–H groups in total. The van der Waals surface area contributed by atoms with Crippen molar-refractivity contribution in [1.29, 1.82) is 0 Å². The summed E-state index contributed by atoms with van der Waals surface area (Å²) in [5.74, 6) is 1.22. The van der Waals surface area contributed by atoms with Gasteiger partial charge >= 0.3 is 0 Å². The van der Waals surface area contributed by atoms with Crippen molar-refractivity contribution in [1.82, 2.24) is 15.6 Å². The Labute approximate surface area is 126 Å². The zero-order valence-corrected chi connectivity index (χ0v) is 12.4. The highest BCUT2D eigenvalue weighted by molar-refractivity contribution is 5.82. The monoisotopic (exact) mass is 288 g/mol. The largest absolute Gasteiger partial charge is 0.356 e. The van der Waals surface area contributed by atoms with E-state index in [-0.39, 0.29) is 11.9 Å². The molecule has 1 aromatic rings. The second-order valence-electron chi connectivity index (χ2n) is 5.96. The quantitative estimate of drug-likeness (QED) is 0.880. The van der Waals surface area contributed by atoms with Crippen LogP contribution in [0, 0.1) is 0 Å². The summed E-state index contributed by atoms with van der Waals surface area (Å²) in [6.07, 6.45) is 7.13. The third kappa shape index (κ3) is 3.73. The number of hydrogen-bond acceptors (Lipinski definition) is 4. The van der Waals surface area contributed by atoms with Crippen molar-refractivity contribution in [2.45, 2.75) is 44.2 Å². The summed E-state index contributed by atoms with van der Waals surface area (Å²) in [6, 6.07) is 6.33. The highest BCUT2D eigenvalue weighted by Gasteiger charge is 2.25. The molecular weight excluding hydrogens is 264 g/mol. The van der Waals surface area contributed by atoms with Crippen molar-refractivity contribution in [3.63, 3.8) is 0 Å². The molecule has 2 aliphatic heterocycles. The Bertz CT molecular complexity index is 451. The molecule has 0 radical (unpaired) electrons. The lowest BCUT2D eigenvalue weighted by molar-refractivity contribution is -0.124. The molecule has 1 aromatic heterocycles. The molecule has 0 unspecified atom stereocenters. The van der Waals surface area contributed by atoms with E-state index in [1.165, 1.54) is 6.42 Å². The van der Waals surface area contributed by atoms with Crippen molar-refractivity contribution in [2.75, 3.05) is 24.5 Å². The molecule has 0 bridgehead atoms. The van der Waals surface area contributed by atoms with Crippen LogP contribution in [0.2, 0.25) is 0 Å². The zero-order chi connectivity index (χ0) is 14.5. The summed E-state index contributed by atoms with van der Waals surface area (Å²) in [6.45, 7) is 2.89. The van der Waals surface area contributed by atoms with Crippen LogP contribution in [-0.4, -0.2) is 42.6 Å². The van der Waals surface area contributed by atoms with Crippen molar-refractivity contribution < 1.29 is 4.79 Å². The maximum atomic E-state index is 12.2. The van der Waals surface area contributed by atoms with E-state index in [1.807, 2.05) is 24.4 Å². The molecule has 21 heavy (non-hydrogen) atoms. The molecular formula is C16H24N4O. The number of amides is 1. The molecule has 2 fully saturated rings. The van der Waals surface area contributed by atoms with Crippen molar-refractivity contribution >= 4 is 11.7 Å². The van der Waals surface area contributed by atoms with E-state index in [9.17, 15) is 4.79 Å². The van der Waals surface area contributed by atoms with Gasteiger partial charge in [-0.1, -0.05) is 12.5 Å². The van der Waals surface area contributed by atoms with E-state index in [1.54, 1.807) is 0 Å². The first kappa shape index (κ1) is 14.3. The van der Waals surface area contributed by atoms with E-state index in [0.717, 1.165) is 51.1 Å². The summed E-state index contributed by atoms with van der Waals surface area (Å²) in [5.41, 5.74) is 0. The van der Waals surface area contributed by atoms with Crippen molar-refractivity contribution in [2.24, 2.45) is 0 Å². The fourth-order valence-corrected chi connectivity index (χ4v) is 3.17. The number of piperidine rings is 2. The van der Waals surface area contributed by atoms with Crippen LogP contribution in [0.5, 0.6) is 0 Å². The number of anilines is 1. The van der Waals surface area contributed by atoms with Gasteiger partial charge in [0, 0.05) is 25.3 Å². The van der Waals surface area contributed by atoms with Crippen LogP contribution in [0.3, 0.4) is 0 Å².